The average Bonchev–Trinajstić information content (AvgIpc) is 2.92. The highest BCUT2D eigenvalue weighted by atomic mass is 32.3. The Morgan fingerprint density at radius 1 is 0.745 bits per heavy atom. The summed E-state index contributed by atoms with van der Waals surface area (Å²) in [6.45, 7) is -2.29. The lowest BCUT2D eigenvalue weighted by Gasteiger charge is -2.48. The topological polar surface area (TPSA) is 424 Å². The Bertz CT molecular complexity index is 1410. The molecule has 3 fully saturated rings. The summed E-state index contributed by atoms with van der Waals surface area (Å²) in [6, 6.07) is -3.98. The van der Waals surface area contributed by atoms with Crippen molar-refractivity contribution in [2.45, 2.75) is 92.0 Å². The van der Waals surface area contributed by atoms with Gasteiger partial charge >= 0.3 is 37.1 Å². The zero-order valence-electron chi connectivity index (χ0n) is 23.1. The van der Waals surface area contributed by atoms with Gasteiger partial charge in [0.1, 0.15) is 54.9 Å². The molecule has 29 heteroatoms. The van der Waals surface area contributed by atoms with Gasteiger partial charge in [-0.2, -0.15) is 30.0 Å². The van der Waals surface area contributed by atoms with Gasteiger partial charge in [-0.15, -0.1) is 0 Å². The molecule has 0 aromatic heterocycles. The molecule has 13 N–H and O–H groups in total. The molecule has 0 aromatic carbocycles. The van der Waals surface area contributed by atoms with E-state index in [1.807, 2.05) is 0 Å². The Morgan fingerprint density at radius 3 is 1.85 bits per heavy atom. The van der Waals surface area contributed by atoms with Gasteiger partial charge in [-0.3, -0.25) is 13.7 Å². The van der Waals surface area contributed by atoms with Crippen molar-refractivity contribution in [3.8, 4) is 0 Å². The molecule has 3 saturated heterocycles. The lowest BCUT2D eigenvalue weighted by atomic mass is 9.95. The fourth-order valence-electron chi connectivity index (χ4n) is 4.75. The Morgan fingerprint density at radius 2 is 1.34 bits per heavy atom. The molecule has 0 bridgehead atoms. The van der Waals surface area contributed by atoms with E-state index in [2.05, 4.69) is 8.37 Å². The number of ether oxygens (including phenoxy) is 5. The third kappa shape index (κ3) is 10.3. The second kappa shape index (κ2) is 15.2. The van der Waals surface area contributed by atoms with Gasteiger partial charge in [0.2, 0.25) is 0 Å². The van der Waals surface area contributed by atoms with Gasteiger partial charge in [0.25, 0.3) is 0 Å². The zero-order chi connectivity index (χ0) is 35.8. The van der Waals surface area contributed by atoms with Crippen LogP contribution < -0.4 is 10.5 Å². The molecule has 15 atom stereocenters. The van der Waals surface area contributed by atoms with Crippen molar-refractivity contribution in [2.24, 2.45) is 5.73 Å². The number of carbonyl (C=O) groups is 1. The van der Waals surface area contributed by atoms with Crippen LogP contribution in [0, 0.1) is 0 Å². The average molecular weight is 757 g/mol. The van der Waals surface area contributed by atoms with Gasteiger partial charge in [0.15, 0.2) is 31.1 Å². The first-order valence-electron chi connectivity index (χ1n) is 12.7. The van der Waals surface area contributed by atoms with Gasteiger partial charge in [0, 0.05) is 0 Å². The first-order valence-corrected chi connectivity index (χ1v) is 16.9. The van der Waals surface area contributed by atoms with Crippen LogP contribution in [0.15, 0.2) is 0 Å². The number of aliphatic hydroxyl groups excluding tert-OH is 6. The van der Waals surface area contributed by atoms with Crippen molar-refractivity contribution in [2.75, 3.05) is 13.2 Å². The molecule has 3 aliphatic heterocycles. The first kappa shape index (κ1) is 40.0. The summed E-state index contributed by atoms with van der Waals surface area (Å²) in [5.74, 6) is -2.01. The van der Waals surface area contributed by atoms with Crippen molar-refractivity contribution >= 4 is 37.1 Å². The number of nitrogens with one attached hydrogen (secondary N) is 1. The Kier molecular flexibility index (Phi) is 13.0. The third-order valence-corrected chi connectivity index (χ3v) is 8.34. The molecule has 3 rings (SSSR count). The van der Waals surface area contributed by atoms with E-state index in [1.165, 1.54) is 4.72 Å². The monoisotopic (exact) mass is 756 g/mol. The predicted octanol–water partition coefficient (Wildman–Crippen LogP) is -8.46. The number of carboxylic acids is 1. The summed E-state index contributed by atoms with van der Waals surface area (Å²) in [4.78, 5) is 12.2. The van der Waals surface area contributed by atoms with Crippen LogP contribution in [0.1, 0.15) is 0 Å². The second-order valence-electron chi connectivity index (χ2n) is 10.1. The second-order valence-corrected chi connectivity index (χ2v) is 13.4. The summed E-state index contributed by atoms with van der Waals surface area (Å²) in [7, 11) is -16.2. The summed E-state index contributed by atoms with van der Waals surface area (Å²) >= 11 is 0. The van der Waals surface area contributed by atoms with Crippen molar-refractivity contribution in [3.63, 3.8) is 0 Å². The van der Waals surface area contributed by atoms with Crippen molar-refractivity contribution in [1.29, 1.82) is 0 Å². The van der Waals surface area contributed by atoms with E-state index in [9.17, 15) is 70.3 Å². The SMILES string of the molecule is NC1C(OC2C(C(=O)O)OC(OC3C(COS(=O)(=O)O)OC(O)C(NS(=O)(=O)O)C3O)C(OS(=O)(=O)O)C2O)OC(CO)C(O)C1O. The molecule has 0 saturated carbocycles. The Hall–Kier alpha value is -1.40. The number of hydrogen-bond donors (Lipinski definition) is 12. The third-order valence-electron chi connectivity index (χ3n) is 6.87. The van der Waals surface area contributed by atoms with E-state index in [4.69, 9.17) is 38.5 Å². The maximum Gasteiger partial charge on any atom is 0.397 e. The fraction of sp³-hybridized carbons (Fsp3) is 0.944. The smallest absolute Gasteiger partial charge is 0.397 e. The highest BCUT2D eigenvalue weighted by Gasteiger charge is 2.57. The molecule has 0 amide bonds. The number of aliphatic carboxylic acids is 1. The van der Waals surface area contributed by atoms with Crippen LogP contribution in [0.25, 0.3) is 0 Å². The molecular weight excluding hydrogens is 724 g/mol. The molecule has 3 aliphatic rings. The lowest BCUT2D eigenvalue weighted by Crippen LogP contribution is -2.69. The highest BCUT2D eigenvalue weighted by molar-refractivity contribution is 7.83. The van der Waals surface area contributed by atoms with Gasteiger partial charge in [-0.05, 0) is 0 Å². The van der Waals surface area contributed by atoms with E-state index in [1.54, 1.807) is 0 Å². The predicted molar refractivity (Wildman–Crippen MR) is 137 cm³/mol. The quantitative estimate of drug-likeness (QED) is 0.0776. The van der Waals surface area contributed by atoms with Gasteiger partial charge in [-0.25, -0.2) is 13.2 Å². The number of carboxylic acid groups (broad SMARTS) is 1. The molecular formula is C18H32N2O24S3. The van der Waals surface area contributed by atoms with Gasteiger partial charge in [-0.1, -0.05) is 0 Å². The Labute approximate surface area is 264 Å². The molecule has 276 valence electrons. The minimum absolute atomic E-state index is 0.933. The maximum absolute atomic E-state index is 12.2. The highest BCUT2D eigenvalue weighted by Crippen LogP contribution is 2.34. The van der Waals surface area contributed by atoms with Crippen molar-refractivity contribution in [3.05, 3.63) is 0 Å². The summed E-state index contributed by atoms with van der Waals surface area (Å²) in [5.41, 5.74) is 5.75. The molecule has 0 aromatic rings. The molecule has 26 nitrogen and oxygen atoms in total. The van der Waals surface area contributed by atoms with E-state index >= 15 is 0 Å². The van der Waals surface area contributed by atoms with Crippen molar-refractivity contribution < 1.29 is 112 Å². The lowest BCUT2D eigenvalue weighted by molar-refractivity contribution is -0.357. The van der Waals surface area contributed by atoms with Crippen LogP contribution in [0.2, 0.25) is 0 Å². The number of hydrogen-bond acceptors (Lipinski definition) is 21. The summed E-state index contributed by atoms with van der Waals surface area (Å²) in [6.07, 6.45) is -29.1. The van der Waals surface area contributed by atoms with Crippen LogP contribution in [0.5, 0.6) is 0 Å². The number of rotatable bonds is 13. The van der Waals surface area contributed by atoms with Gasteiger partial charge < -0.3 is 65.2 Å². The summed E-state index contributed by atoms with van der Waals surface area (Å²) in [5, 5.41) is 71.4. The van der Waals surface area contributed by atoms with Gasteiger partial charge in [0.05, 0.1) is 19.3 Å². The van der Waals surface area contributed by atoms with Crippen LogP contribution >= 0.6 is 0 Å². The normalized spacial score (nSPS) is 42.2. The molecule has 0 aliphatic carbocycles. The summed E-state index contributed by atoms with van der Waals surface area (Å²) < 4.78 is 132. The standard InChI is InChI=1S/C18H32N2O24S3/c19-5-8(23)7(22)3(1-21)40-17(5)42-12-10(25)13(44-47(35,36)37)18(43-14(12)15(26)27)41-11-4(2-38-46(32,33)34)39-16(28)6(9(11)24)20-45(29,30)31/h3-14,16-18,20-25,28H,1-2,19H2,(H,26,27)(H,29,30,31)(H,32,33,34)(H,35,36,37). The number of aliphatic hydroxyl groups is 6. The molecule has 3 heterocycles. The zero-order valence-corrected chi connectivity index (χ0v) is 25.5. The molecule has 47 heavy (non-hydrogen) atoms. The molecule has 15 unspecified atom stereocenters. The molecule has 0 radical (unpaired) electrons. The van der Waals surface area contributed by atoms with Crippen molar-refractivity contribution in [1.82, 2.24) is 4.72 Å². The van der Waals surface area contributed by atoms with E-state index in [0.717, 1.165) is 0 Å². The van der Waals surface area contributed by atoms with E-state index in [-0.39, 0.29) is 0 Å². The Balaban J connectivity index is 2.00. The minimum atomic E-state index is -5.64. The molecule has 0 spiro atoms. The maximum atomic E-state index is 12.2. The fourth-order valence-corrected chi connectivity index (χ4v) is 6.15. The van der Waals surface area contributed by atoms with E-state index in [0.29, 0.717) is 0 Å². The number of nitrogens with two attached hydrogens (primary N) is 1. The van der Waals surface area contributed by atoms with Crippen LogP contribution in [-0.2, 0) is 67.9 Å². The largest absolute Gasteiger partial charge is 0.479 e. The first-order chi connectivity index (χ1) is 21.4. The van der Waals surface area contributed by atoms with Crippen LogP contribution in [0.3, 0.4) is 0 Å². The van der Waals surface area contributed by atoms with Crippen LogP contribution in [0.4, 0.5) is 0 Å². The van der Waals surface area contributed by atoms with Crippen LogP contribution in [-0.4, -0.2) is 186 Å². The van der Waals surface area contributed by atoms with E-state index < -0.39 is 142 Å². The minimum Gasteiger partial charge on any atom is -0.479 e.